The van der Waals surface area contributed by atoms with E-state index in [9.17, 15) is 0 Å². The third-order valence-electron chi connectivity index (χ3n) is 5.62. The molecule has 0 atom stereocenters. The maximum atomic E-state index is 4.34. The Morgan fingerprint density at radius 3 is 0.778 bits per heavy atom. The van der Waals surface area contributed by atoms with Crippen LogP contribution in [0.4, 0.5) is 0 Å². The van der Waals surface area contributed by atoms with Crippen molar-refractivity contribution >= 4 is 0 Å². The summed E-state index contributed by atoms with van der Waals surface area (Å²) in [6.07, 6.45) is 11.4. The van der Waals surface area contributed by atoms with E-state index in [4.69, 9.17) is 0 Å². The van der Waals surface area contributed by atoms with Crippen LogP contribution >= 0.6 is 0 Å². The Morgan fingerprint density at radius 1 is 0.333 bits per heavy atom. The maximum Gasteiger partial charge on any atom is 0.130 e. The lowest BCUT2D eigenvalue weighted by Gasteiger charge is -2.06. The van der Waals surface area contributed by atoms with Crippen LogP contribution in [0.1, 0.15) is 153 Å². The molecule has 0 fully saturated rings. The topological polar surface area (TPSA) is 77.3 Å². The molecule has 3 aromatic heterocycles. The summed E-state index contributed by atoms with van der Waals surface area (Å²) < 4.78 is 0. The highest BCUT2D eigenvalue weighted by atomic mass is 14.9. The Kier molecular flexibility index (Phi) is 13.4. The lowest BCUT2D eigenvalue weighted by Crippen LogP contribution is -1.99. The zero-order chi connectivity index (χ0) is 27.4. The van der Waals surface area contributed by atoms with Crippen molar-refractivity contribution in [3.05, 3.63) is 71.3 Å². The number of rotatable bonds is 6. The zero-order valence-corrected chi connectivity index (χ0v) is 24.6. The fraction of sp³-hybridized carbons (Fsp3) is 0.600. The molecule has 0 saturated heterocycles. The van der Waals surface area contributed by atoms with Crippen LogP contribution in [0.2, 0.25) is 0 Å². The predicted molar refractivity (Wildman–Crippen MR) is 151 cm³/mol. The van der Waals surface area contributed by atoms with Crippen LogP contribution in [0.15, 0.2) is 37.2 Å². The fourth-order valence-electron chi connectivity index (χ4n) is 2.83. The molecule has 6 heteroatoms. The molecule has 6 nitrogen and oxygen atoms in total. The third kappa shape index (κ3) is 10.9. The molecule has 198 valence electrons. The standard InChI is InChI=1S/3C10H16N2/c1-7(2)9-5-12-10(6-11-9)8(3)4;2*1-7(2)9-5-11-10(8(3)4)12-6-9/h3*5-8H,1-4H3. The van der Waals surface area contributed by atoms with Gasteiger partial charge in [-0.25, -0.2) is 19.9 Å². The Bertz CT molecular complexity index is 761. The van der Waals surface area contributed by atoms with E-state index in [-0.39, 0.29) is 0 Å². The molecule has 0 amide bonds. The molecule has 3 rings (SSSR count). The summed E-state index contributed by atoms with van der Waals surface area (Å²) in [6, 6.07) is 0. The van der Waals surface area contributed by atoms with Gasteiger partial charge in [-0.3, -0.25) is 9.97 Å². The Hall–Kier alpha value is -2.76. The van der Waals surface area contributed by atoms with Crippen molar-refractivity contribution in [3.8, 4) is 0 Å². The monoisotopic (exact) mass is 492 g/mol. The molecule has 0 saturated carbocycles. The smallest absolute Gasteiger partial charge is 0.130 e. The minimum absolute atomic E-state index is 0.422. The van der Waals surface area contributed by atoms with Gasteiger partial charge in [-0.2, -0.15) is 0 Å². The Morgan fingerprint density at radius 2 is 0.611 bits per heavy atom. The number of hydrogen-bond donors (Lipinski definition) is 0. The van der Waals surface area contributed by atoms with Crippen molar-refractivity contribution in [1.29, 1.82) is 0 Å². The van der Waals surface area contributed by atoms with Crippen LogP contribution in [0, 0.1) is 0 Å². The first-order valence-electron chi connectivity index (χ1n) is 13.3. The third-order valence-corrected chi connectivity index (χ3v) is 5.62. The lowest BCUT2D eigenvalue weighted by atomic mass is 10.1. The van der Waals surface area contributed by atoms with Gasteiger partial charge >= 0.3 is 0 Å². The average molecular weight is 493 g/mol. The van der Waals surface area contributed by atoms with Gasteiger partial charge in [0.15, 0.2) is 0 Å². The molecular formula is C30H48N6. The van der Waals surface area contributed by atoms with E-state index in [0.717, 1.165) is 23.0 Å². The first kappa shape index (κ1) is 31.3. The molecule has 0 aliphatic carbocycles. The quantitative estimate of drug-likeness (QED) is 0.345. The minimum Gasteiger partial charge on any atom is -0.258 e. The van der Waals surface area contributed by atoms with E-state index in [0.29, 0.717) is 35.5 Å². The molecule has 3 heterocycles. The van der Waals surface area contributed by atoms with Crippen LogP contribution in [0.5, 0.6) is 0 Å². The largest absolute Gasteiger partial charge is 0.258 e. The molecule has 36 heavy (non-hydrogen) atoms. The summed E-state index contributed by atoms with van der Waals surface area (Å²) in [5.41, 5.74) is 4.55. The molecule has 3 aromatic rings. The van der Waals surface area contributed by atoms with Crippen molar-refractivity contribution in [2.75, 3.05) is 0 Å². The van der Waals surface area contributed by atoms with E-state index in [1.54, 1.807) is 0 Å². The van der Waals surface area contributed by atoms with E-state index in [2.05, 4.69) is 113 Å². The molecule has 0 aliphatic rings. The second-order valence-corrected chi connectivity index (χ2v) is 11.0. The summed E-state index contributed by atoms with van der Waals surface area (Å²) in [7, 11) is 0. The normalized spacial score (nSPS) is 11.2. The number of nitrogens with zero attached hydrogens (tertiary/aromatic N) is 6. The van der Waals surface area contributed by atoms with Crippen molar-refractivity contribution in [2.45, 2.75) is 119 Å². The molecule has 0 aliphatic heterocycles. The lowest BCUT2D eigenvalue weighted by molar-refractivity contribution is 0.754. The summed E-state index contributed by atoms with van der Waals surface area (Å²) in [5, 5.41) is 0. The van der Waals surface area contributed by atoms with Gasteiger partial charge in [-0.15, -0.1) is 0 Å². The van der Waals surface area contributed by atoms with Crippen LogP contribution in [0.25, 0.3) is 0 Å². The van der Waals surface area contributed by atoms with Crippen LogP contribution in [-0.4, -0.2) is 29.9 Å². The first-order valence-corrected chi connectivity index (χ1v) is 13.3. The molecule has 0 N–H and O–H groups in total. The molecule has 0 radical (unpaired) electrons. The SMILES string of the molecule is CC(C)c1cnc(C(C)C)cn1.CC(C)c1cnc(C(C)C)nc1.CC(C)c1cnc(C(C)C)nc1. The van der Waals surface area contributed by atoms with Crippen LogP contribution < -0.4 is 0 Å². The second kappa shape index (κ2) is 15.4. The highest BCUT2D eigenvalue weighted by Gasteiger charge is 2.05. The van der Waals surface area contributed by atoms with E-state index < -0.39 is 0 Å². The summed E-state index contributed by atoms with van der Waals surface area (Å²) in [5.74, 6) is 4.69. The minimum atomic E-state index is 0.422. The van der Waals surface area contributed by atoms with Crippen molar-refractivity contribution in [3.63, 3.8) is 0 Å². The van der Waals surface area contributed by atoms with Crippen molar-refractivity contribution in [2.24, 2.45) is 0 Å². The molecule has 0 aromatic carbocycles. The van der Waals surface area contributed by atoms with E-state index >= 15 is 0 Å². The van der Waals surface area contributed by atoms with Gasteiger partial charge in [0.2, 0.25) is 0 Å². The van der Waals surface area contributed by atoms with Crippen molar-refractivity contribution in [1.82, 2.24) is 29.9 Å². The summed E-state index contributed by atoms with van der Waals surface area (Å²) in [4.78, 5) is 25.8. The molecule has 0 unspecified atom stereocenters. The highest BCUT2D eigenvalue weighted by molar-refractivity contribution is 5.11. The van der Waals surface area contributed by atoms with Gasteiger partial charge in [0.1, 0.15) is 11.6 Å². The van der Waals surface area contributed by atoms with Gasteiger partial charge < -0.3 is 0 Å². The molecule has 0 bridgehead atoms. The van der Waals surface area contributed by atoms with Gasteiger partial charge in [0.25, 0.3) is 0 Å². The average Bonchev–Trinajstić information content (AvgIpc) is 2.84. The number of aromatic nitrogens is 6. The fourth-order valence-corrected chi connectivity index (χ4v) is 2.83. The van der Waals surface area contributed by atoms with Crippen LogP contribution in [-0.2, 0) is 0 Å². The predicted octanol–water partition coefficient (Wildman–Crippen LogP) is 8.17. The maximum absolute atomic E-state index is 4.34. The molecular weight excluding hydrogens is 444 g/mol. The van der Waals surface area contributed by atoms with Gasteiger partial charge in [-0.1, -0.05) is 83.1 Å². The highest BCUT2D eigenvalue weighted by Crippen LogP contribution is 2.15. The van der Waals surface area contributed by atoms with Crippen molar-refractivity contribution < 1.29 is 0 Å². The van der Waals surface area contributed by atoms with Gasteiger partial charge in [0, 0.05) is 49.0 Å². The van der Waals surface area contributed by atoms with Gasteiger partial charge in [-0.05, 0) is 34.8 Å². The second-order valence-electron chi connectivity index (χ2n) is 11.0. The van der Waals surface area contributed by atoms with Crippen LogP contribution in [0.3, 0.4) is 0 Å². The zero-order valence-electron chi connectivity index (χ0n) is 24.6. The van der Waals surface area contributed by atoms with Gasteiger partial charge in [0.05, 0.1) is 11.4 Å². The Balaban J connectivity index is 0.000000270. The molecule has 0 spiro atoms. The first-order chi connectivity index (χ1) is 16.8. The Labute approximate surface area is 219 Å². The van der Waals surface area contributed by atoms with E-state index in [1.165, 1.54) is 11.1 Å². The number of hydrogen-bond acceptors (Lipinski definition) is 6. The summed E-state index contributed by atoms with van der Waals surface area (Å²) in [6.45, 7) is 25.5. The summed E-state index contributed by atoms with van der Waals surface area (Å²) >= 11 is 0. The van der Waals surface area contributed by atoms with E-state index in [1.807, 2.05) is 37.2 Å².